The maximum Gasteiger partial charge on any atom is 0.256 e. The summed E-state index contributed by atoms with van der Waals surface area (Å²) in [6.07, 6.45) is 2.03. The summed E-state index contributed by atoms with van der Waals surface area (Å²) >= 11 is 0. The fraction of sp³-hybridized carbons (Fsp3) is 0.250. The molecule has 0 amide bonds. The Balaban J connectivity index is 1.94. The fourth-order valence-corrected chi connectivity index (χ4v) is 3.33. The largest absolute Gasteiger partial charge is 0.453 e. The number of H-pyrrole nitrogens is 1. The van der Waals surface area contributed by atoms with Gasteiger partial charge in [-0.3, -0.25) is 4.79 Å². The van der Waals surface area contributed by atoms with Gasteiger partial charge in [-0.2, -0.15) is 0 Å². The van der Waals surface area contributed by atoms with Gasteiger partial charge in [-0.25, -0.2) is 0 Å². The van der Waals surface area contributed by atoms with Gasteiger partial charge in [-0.1, -0.05) is 30.3 Å². The summed E-state index contributed by atoms with van der Waals surface area (Å²) in [5.41, 5.74) is 3.57. The molecule has 2 aromatic heterocycles. The third kappa shape index (κ3) is 2.39. The van der Waals surface area contributed by atoms with Crippen LogP contribution in [0.5, 0.6) is 0 Å². The lowest BCUT2D eigenvalue weighted by molar-refractivity contribution is 0.400. The monoisotopic (exact) mass is 320 g/mol. The molecule has 4 nitrogen and oxygen atoms in total. The SMILES string of the molecule is CN(C)CCCc1cccc2c1oc1c3ccccc3c(=O)[nH]c21. The zero-order valence-electron chi connectivity index (χ0n) is 13.9. The Morgan fingerprint density at radius 3 is 2.50 bits per heavy atom. The van der Waals surface area contributed by atoms with Crippen molar-refractivity contribution in [2.24, 2.45) is 0 Å². The highest BCUT2D eigenvalue weighted by atomic mass is 16.3. The number of para-hydroxylation sites is 1. The Morgan fingerprint density at radius 1 is 0.958 bits per heavy atom. The number of aromatic amines is 1. The molecular weight excluding hydrogens is 300 g/mol. The van der Waals surface area contributed by atoms with E-state index < -0.39 is 0 Å². The molecule has 0 aliphatic heterocycles. The maximum atomic E-state index is 12.4. The molecule has 0 unspecified atom stereocenters. The van der Waals surface area contributed by atoms with Gasteiger partial charge >= 0.3 is 0 Å². The smallest absolute Gasteiger partial charge is 0.256 e. The van der Waals surface area contributed by atoms with Gasteiger partial charge in [0.1, 0.15) is 5.58 Å². The number of benzene rings is 2. The average molecular weight is 320 g/mol. The number of fused-ring (bicyclic) bond motifs is 5. The lowest BCUT2D eigenvalue weighted by Gasteiger charge is -2.08. The third-order valence-corrected chi connectivity index (χ3v) is 4.50. The van der Waals surface area contributed by atoms with Gasteiger partial charge in [0.05, 0.1) is 10.9 Å². The van der Waals surface area contributed by atoms with E-state index in [1.54, 1.807) is 0 Å². The van der Waals surface area contributed by atoms with Crippen LogP contribution in [0.25, 0.3) is 32.8 Å². The van der Waals surface area contributed by atoms with Crippen molar-refractivity contribution in [3.8, 4) is 0 Å². The van der Waals surface area contributed by atoms with E-state index in [4.69, 9.17) is 4.42 Å². The minimum atomic E-state index is -0.0705. The van der Waals surface area contributed by atoms with Crippen LogP contribution in [0.1, 0.15) is 12.0 Å². The standard InChI is InChI=1S/C20H20N2O2/c1-22(2)12-6-8-13-7-5-11-16-17-19(24-18(13)16)14-9-3-4-10-15(14)20(23)21-17/h3-5,7,9-11H,6,8,12H2,1-2H3,(H,21,23). The first-order valence-corrected chi connectivity index (χ1v) is 8.25. The molecule has 0 spiro atoms. The first-order chi connectivity index (χ1) is 11.6. The molecule has 0 saturated carbocycles. The number of pyridine rings is 1. The van der Waals surface area contributed by atoms with Crippen LogP contribution in [0.4, 0.5) is 0 Å². The van der Waals surface area contributed by atoms with E-state index in [0.717, 1.165) is 46.8 Å². The highest BCUT2D eigenvalue weighted by Gasteiger charge is 2.15. The number of hydrogen-bond acceptors (Lipinski definition) is 3. The average Bonchev–Trinajstić information content (AvgIpc) is 2.95. The van der Waals surface area contributed by atoms with Crippen LogP contribution in [0, 0.1) is 0 Å². The summed E-state index contributed by atoms with van der Waals surface area (Å²) in [7, 11) is 4.16. The van der Waals surface area contributed by atoms with E-state index in [2.05, 4.69) is 30.0 Å². The van der Waals surface area contributed by atoms with Crippen molar-refractivity contribution < 1.29 is 4.42 Å². The topological polar surface area (TPSA) is 49.2 Å². The van der Waals surface area contributed by atoms with E-state index >= 15 is 0 Å². The van der Waals surface area contributed by atoms with E-state index in [9.17, 15) is 4.79 Å². The third-order valence-electron chi connectivity index (χ3n) is 4.50. The summed E-state index contributed by atoms with van der Waals surface area (Å²) in [5.74, 6) is 0. The van der Waals surface area contributed by atoms with Crippen molar-refractivity contribution >= 4 is 32.8 Å². The van der Waals surface area contributed by atoms with Crippen LogP contribution in [0.3, 0.4) is 0 Å². The van der Waals surface area contributed by atoms with Gasteiger partial charge in [0.25, 0.3) is 5.56 Å². The number of aromatic nitrogens is 1. The van der Waals surface area contributed by atoms with Crippen molar-refractivity contribution in [2.75, 3.05) is 20.6 Å². The first kappa shape index (κ1) is 15.0. The minimum absolute atomic E-state index is 0.0705. The van der Waals surface area contributed by atoms with Gasteiger partial charge in [0.15, 0.2) is 5.58 Å². The van der Waals surface area contributed by atoms with Crippen LogP contribution < -0.4 is 5.56 Å². The van der Waals surface area contributed by atoms with Gasteiger partial charge in [0, 0.05) is 10.8 Å². The van der Waals surface area contributed by atoms with Gasteiger partial charge < -0.3 is 14.3 Å². The molecular formula is C20H20N2O2. The van der Waals surface area contributed by atoms with Gasteiger partial charge in [0.2, 0.25) is 0 Å². The lowest BCUT2D eigenvalue weighted by Crippen LogP contribution is -2.13. The summed E-state index contributed by atoms with van der Waals surface area (Å²) in [4.78, 5) is 17.5. The summed E-state index contributed by atoms with van der Waals surface area (Å²) in [5, 5.41) is 2.51. The van der Waals surface area contributed by atoms with Gasteiger partial charge in [-0.15, -0.1) is 0 Å². The molecule has 0 aliphatic carbocycles. The van der Waals surface area contributed by atoms with Gasteiger partial charge in [-0.05, 0) is 51.2 Å². The molecule has 2 aromatic carbocycles. The van der Waals surface area contributed by atoms with Crippen molar-refractivity contribution in [1.29, 1.82) is 0 Å². The molecule has 0 bridgehead atoms. The molecule has 0 aliphatic rings. The van der Waals surface area contributed by atoms with E-state index in [0.29, 0.717) is 5.39 Å². The Kier molecular flexibility index (Phi) is 3.62. The number of furan rings is 1. The molecule has 122 valence electrons. The van der Waals surface area contributed by atoms with E-state index in [1.165, 1.54) is 5.56 Å². The molecule has 0 fully saturated rings. The predicted octanol–water partition coefficient (Wildman–Crippen LogP) is 3.92. The van der Waals surface area contributed by atoms with Crippen LogP contribution in [-0.2, 0) is 6.42 Å². The Hall–Kier alpha value is -2.59. The number of rotatable bonds is 4. The summed E-state index contributed by atoms with van der Waals surface area (Å²) in [6.45, 7) is 1.04. The Labute approximate surface area is 139 Å². The second-order valence-electron chi connectivity index (χ2n) is 6.51. The van der Waals surface area contributed by atoms with E-state index in [-0.39, 0.29) is 5.56 Å². The molecule has 2 heterocycles. The first-order valence-electron chi connectivity index (χ1n) is 8.25. The number of hydrogen-bond donors (Lipinski definition) is 1. The van der Waals surface area contributed by atoms with Crippen molar-refractivity contribution in [1.82, 2.24) is 9.88 Å². The molecule has 24 heavy (non-hydrogen) atoms. The van der Waals surface area contributed by atoms with Crippen LogP contribution in [-0.4, -0.2) is 30.5 Å². The molecule has 0 saturated heterocycles. The van der Waals surface area contributed by atoms with Crippen molar-refractivity contribution in [2.45, 2.75) is 12.8 Å². The Morgan fingerprint density at radius 2 is 1.71 bits per heavy atom. The van der Waals surface area contributed by atoms with Crippen LogP contribution >= 0.6 is 0 Å². The fourth-order valence-electron chi connectivity index (χ4n) is 3.33. The number of nitrogens with zero attached hydrogens (tertiary/aromatic N) is 1. The quantitative estimate of drug-likeness (QED) is 0.620. The molecule has 4 heteroatoms. The predicted molar refractivity (Wildman–Crippen MR) is 98.7 cm³/mol. The van der Waals surface area contributed by atoms with E-state index in [1.807, 2.05) is 36.4 Å². The number of nitrogens with one attached hydrogen (secondary N) is 1. The molecule has 0 atom stereocenters. The summed E-state index contributed by atoms with van der Waals surface area (Å²) in [6, 6.07) is 13.8. The number of aryl methyl sites for hydroxylation is 1. The highest BCUT2D eigenvalue weighted by Crippen LogP contribution is 2.33. The van der Waals surface area contributed by atoms with Crippen LogP contribution in [0.2, 0.25) is 0 Å². The minimum Gasteiger partial charge on any atom is -0.453 e. The zero-order valence-corrected chi connectivity index (χ0v) is 13.9. The molecule has 0 radical (unpaired) electrons. The van der Waals surface area contributed by atoms with Crippen molar-refractivity contribution in [3.05, 3.63) is 58.4 Å². The van der Waals surface area contributed by atoms with Crippen LogP contribution in [0.15, 0.2) is 51.7 Å². The normalized spacial score (nSPS) is 12.0. The molecule has 4 rings (SSSR count). The zero-order chi connectivity index (χ0) is 16.7. The maximum absolute atomic E-state index is 12.4. The summed E-state index contributed by atoms with van der Waals surface area (Å²) < 4.78 is 6.23. The highest BCUT2D eigenvalue weighted by molar-refractivity contribution is 6.12. The second kappa shape index (κ2) is 5.80. The van der Waals surface area contributed by atoms with Crippen molar-refractivity contribution in [3.63, 3.8) is 0 Å². The Bertz CT molecular complexity index is 1090. The second-order valence-corrected chi connectivity index (χ2v) is 6.51. The lowest BCUT2D eigenvalue weighted by atomic mass is 10.1. The molecule has 4 aromatic rings. The molecule has 1 N–H and O–H groups in total.